The molecule has 1 aliphatic carbocycles. The molecule has 3 heteroatoms. The van der Waals surface area contributed by atoms with Crippen LogP contribution in [0.15, 0.2) is 41.7 Å². The second-order valence-corrected chi connectivity index (χ2v) is 8.08. The van der Waals surface area contributed by atoms with Gasteiger partial charge in [-0.2, -0.15) is 0 Å². The summed E-state index contributed by atoms with van der Waals surface area (Å²) in [6.07, 6.45) is 10.0. The highest BCUT2D eigenvalue weighted by Gasteiger charge is 2.28. The minimum Gasteiger partial charge on any atom is -0.498 e. The minimum absolute atomic E-state index is 0. The van der Waals surface area contributed by atoms with Crippen LogP contribution in [0, 0.1) is 29.4 Å². The molecule has 1 heterocycles. The average molecular weight is 377 g/mol. The van der Waals surface area contributed by atoms with Crippen molar-refractivity contribution < 1.29 is 13.5 Å². The van der Waals surface area contributed by atoms with Crippen LogP contribution in [-0.4, -0.2) is 6.61 Å². The lowest BCUT2D eigenvalue weighted by Crippen LogP contribution is -2.15. The monoisotopic (exact) mass is 376 g/mol. The van der Waals surface area contributed by atoms with Gasteiger partial charge in [-0.15, -0.1) is 0 Å². The van der Waals surface area contributed by atoms with Crippen LogP contribution in [0.3, 0.4) is 0 Å². The summed E-state index contributed by atoms with van der Waals surface area (Å²) >= 11 is 0. The Hall–Kier alpha value is -1.64. The van der Waals surface area contributed by atoms with Crippen molar-refractivity contribution in [3.63, 3.8) is 0 Å². The van der Waals surface area contributed by atoms with Crippen LogP contribution in [0.2, 0.25) is 0 Å². The average Bonchev–Trinajstić information content (AvgIpc) is 3.10. The molecule has 1 nitrogen and oxygen atoms in total. The number of benzene rings is 1. The summed E-state index contributed by atoms with van der Waals surface area (Å²) in [4.78, 5) is 0. The van der Waals surface area contributed by atoms with Crippen molar-refractivity contribution in [3.05, 3.63) is 58.9 Å². The molecule has 0 bridgehead atoms. The number of halogens is 2. The summed E-state index contributed by atoms with van der Waals surface area (Å²) in [5, 5.41) is 0. The van der Waals surface area contributed by atoms with Gasteiger partial charge in [0.05, 0.1) is 12.4 Å². The smallest absolute Gasteiger partial charge is 0.159 e. The van der Waals surface area contributed by atoms with Crippen molar-refractivity contribution >= 4 is 0 Å². The molecule has 2 aliphatic rings. The Kier molecular flexibility index (Phi) is 7.64. The van der Waals surface area contributed by atoms with Gasteiger partial charge < -0.3 is 4.74 Å². The van der Waals surface area contributed by atoms with Crippen molar-refractivity contribution in [1.29, 1.82) is 0 Å². The fraction of sp³-hybridized carbons (Fsp3) is 0.583. The third kappa shape index (κ3) is 5.21. The third-order valence-electron chi connectivity index (χ3n) is 6.09. The maximum absolute atomic E-state index is 13.6. The summed E-state index contributed by atoms with van der Waals surface area (Å²) in [7, 11) is 0. The predicted molar refractivity (Wildman–Crippen MR) is 109 cm³/mol. The van der Waals surface area contributed by atoms with E-state index in [0.29, 0.717) is 17.8 Å². The number of allylic oxidation sites excluding steroid dienone is 4. The molecule has 1 aliphatic heterocycles. The van der Waals surface area contributed by atoms with E-state index in [1.54, 1.807) is 6.07 Å². The zero-order valence-electron chi connectivity index (χ0n) is 16.1. The van der Waals surface area contributed by atoms with Gasteiger partial charge in [-0.25, -0.2) is 8.78 Å². The van der Waals surface area contributed by atoms with E-state index in [1.807, 2.05) is 0 Å². The highest BCUT2D eigenvalue weighted by atomic mass is 19.2. The van der Waals surface area contributed by atoms with Crippen molar-refractivity contribution in [3.8, 4) is 0 Å². The Balaban J connectivity index is 0.00000261. The third-order valence-corrected chi connectivity index (χ3v) is 6.09. The molecular weight excluding hydrogens is 342 g/mol. The first kappa shape index (κ1) is 21.7. The lowest BCUT2D eigenvalue weighted by molar-refractivity contribution is 0.256. The molecule has 0 N–H and O–H groups in total. The standard InChI is InChI=1S/C23H30F2O.CH4/c1-4-15(2)11-20(19-6-5-17-9-10-26-23(17)14-19)12-16(3)18-7-8-21(24)22(25)13-18;/h6-8,13-17,20H,4-5,9-12H2,1-3H3;1H4. The molecule has 1 aromatic carbocycles. The van der Waals surface area contributed by atoms with Crippen molar-refractivity contribution in [2.75, 3.05) is 6.61 Å². The van der Waals surface area contributed by atoms with Crippen molar-refractivity contribution in [1.82, 2.24) is 0 Å². The van der Waals surface area contributed by atoms with Crippen LogP contribution < -0.4 is 0 Å². The first-order chi connectivity index (χ1) is 12.5. The van der Waals surface area contributed by atoms with Crippen molar-refractivity contribution in [2.24, 2.45) is 17.8 Å². The molecule has 3 rings (SSSR count). The topological polar surface area (TPSA) is 9.23 Å². The van der Waals surface area contributed by atoms with Gasteiger partial charge in [0.1, 0.15) is 0 Å². The summed E-state index contributed by atoms with van der Waals surface area (Å²) in [5.74, 6) is 1.42. The van der Waals surface area contributed by atoms with Gasteiger partial charge in [0.2, 0.25) is 0 Å². The largest absolute Gasteiger partial charge is 0.498 e. The quantitative estimate of drug-likeness (QED) is 0.482. The lowest BCUT2D eigenvalue weighted by Gasteiger charge is -2.28. The van der Waals surface area contributed by atoms with E-state index in [2.05, 4.69) is 32.9 Å². The molecule has 0 saturated carbocycles. The summed E-state index contributed by atoms with van der Waals surface area (Å²) in [6.45, 7) is 7.46. The number of rotatable bonds is 7. The Labute approximate surface area is 163 Å². The van der Waals surface area contributed by atoms with E-state index >= 15 is 0 Å². The van der Waals surface area contributed by atoms with E-state index in [4.69, 9.17) is 4.74 Å². The van der Waals surface area contributed by atoms with Crippen LogP contribution in [0.1, 0.15) is 71.8 Å². The fourth-order valence-electron chi connectivity index (χ4n) is 4.16. The zero-order valence-corrected chi connectivity index (χ0v) is 16.1. The molecule has 1 fully saturated rings. The molecule has 1 saturated heterocycles. The van der Waals surface area contributed by atoms with Gasteiger partial charge in [0.15, 0.2) is 11.6 Å². The minimum atomic E-state index is -0.777. The van der Waals surface area contributed by atoms with Gasteiger partial charge in [-0.3, -0.25) is 0 Å². The number of ether oxygens (including phenoxy) is 1. The number of fused-ring (bicyclic) bond motifs is 1. The van der Waals surface area contributed by atoms with Gasteiger partial charge >= 0.3 is 0 Å². The molecule has 0 radical (unpaired) electrons. The lowest BCUT2D eigenvalue weighted by atomic mass is 9.78. The van der Waals surface area contributed by atoms with E-state index in [1.165, 1.54) is 17.7 Å². The summed E-state index contributed by atoms with van der Waals surface area (Å²) in [5.41, 5.74) is 2.24. The Morgan fingerprint density at radius 1 is 1.15 bits per heavy atom. The molecular formula is C24H34F2O. The molecule has 0 aromatic heterocycles. The Bertz CT molecular complexity index is 692. The zero-order chi connectivity index (χ0) is 18.7. The molecule has 1 aromatic rings. The molecule has 4 unspecified atom stereocenters. The van der Waals surface area contributed by atoms with E-state index in [-0.39, 0.29) is 13.3 Å². The number of hydrogen-bond donors (Lipinski definition) is 0. The van der Waals surface area contributed by atoms with Gasteiger partial charge in [0.25, 0.3) is 0 Å². The maximum atomic E-state index is 13.6. The second kappa shape index (κ2) is 9.52. The van der Waals surface area contributed by atoms with Gasteiger partial charge in [-0.05, 0) is 72.8 Å². The van der Waals surface area contributed by atoms with Crippen LogP contribution in [0.25, 0.3) is 0 Å². The first-order valence-electron chi connectivity index (χ1n) is 9.97. The normalized spacial score (nSPS) is 21.9. The Morgan fingerprint density at radius 3 is 2.63 bits per heavy atom. The van der Waals surface area contributed by atoms with Crippen molar-refractivity contribution in [2.45, 2.75) is 66.2 Å². The first-order valence-corrected chi connectivity index (χ1v) is 9.97. The highest BCUT2D eigenvalue weighted by molar-refractivity contribution is 5.31. The van der Waals surface area contributed by atoms with Crippen LogP contribution >= 0.6 is 0 Å². The number of hydrogen-bond acceptors (Lipinski definition) is 1. The maximum Gasteiger partial charge on any atom is 0.159 e. The highest BCUT2D eigenvalue weighted by Crippen LogP contribution is 2.39. The predicted octanol–water partition coefficient (Wildman–Crippen LogP) is 7.40. The molecule has 0 spiro atoms. The second-order valence-electron chi connectivity index (χ2n) is 8.08. The van der Waals surface area contributed by atoms with E-state index < -0.39 is 11.6 Å². The van der Waals surface area contributed by atoms with Crippen LogP contribution in [0.4, 0.5) is 8.78 Å². The SMILES string of the molecule is C.CCC(C)CC(CC(C)c1ccc(F)c(F)c1)C1=CCC2CCOC2=C1. The fourth-order valence-corrected chi connectivity index (χ4v) is 4.16. The molecule has 150 valence electrons. The van der Waals surface area contributed by atoms with Crippen LogP contribution in [-0.2, 0) is 4.74 Å². The summed E-state index contributed by atoms with van der Waals surface area (Å²) < 4.78 is 32.7. The molecule has 27 heavy (non-hydrogen) atoms. The van der Waals surface area contributed by atoms with E-state index in [9.17, 15) is 8.78 Å². The Morgan fingerprint density at radius 2 is 1.93 bits per heavy atom. The summed E-state index contributed by atoms with van der Waals surface area (Å²) in [6, 6.07) is 4.31. The van der Waals surface area contributed by atoms with Gasteiger partial charge in [0, 0.05) is 5.92 Å². The van der Waals surface area contributed by atoms with E-state index in [0.717, 1.165) is 50.0 Å². The molecule has 0 amide bonds. The van der Waals surface area contributed by atoms with Gasteiger partial charge in [-0.1, -0.05) is 46.8 Å². The molecule has 4 atom stereocenters. The van der Waals surface area contributed by atoms with Crippen LogP contribution in [0.5, 0.6) is 0 Å².